The van der Waals surface area contributed by atoms with Crippen molar-refractivity contribution in [3.8, 4) is 0 Å². The summed E-state index contributed by atoms with van der Waals surface area (Å²) < 4.78 is 0. The van der Waals surface area contributed by atoms with E-state index in [-0.39, 0.29) is 5.92 Å². The van der Waals surface area contributed by atoms with Gasteiger partial charge < -0.3 is 5.32 Å². The van der Waals surface area contributed by atoms with Gasteiger partial charge in [0.25, 0.3) is 0 Å². The second kappa shape index (κ2) is 7.61. The van der Waals surface area contributed by atoms with Gasteiger partial charge >= 0.3 is 0 Å². The Kier molecular flexibility index (Phi) is 5.82. The minimum Gasteiger partial charge on any atom is -0.370 e. The van der Waals surface area contributed by atoms with Crippen LogP contribution in [-0.2, 0) is 0 Å². The summed E-state index contributed by atoms with van der Waals surface area (Å²) in [6.07, 6.45) is 2.78. The zero-order chi connectivity index (χ0) is 15.2. The number of halogens is 1. The second-order valence-electron chi connectivity index (χ2n) is 4.92. The fraction of sp³-hybridized carbons (Fsp3) is 0.400. The molecule has 0 saturated carbocycles. The highest BCUT2D eigenvalue weighted by Crippen LogP contribution is 2.31. The lowest BCUT2D eigenvalue weighted by Crippen LogP contribution is -2.06. The van der Waals surface area contributed by atoms with E-state index in [0.717, 1.165) is 34.7 Å². The first-order valence-electron chi connectivity index (χ1n) is 7.01. The molecule has 0 bridgehead atoms. The van der Waals surface area contributed by atoms with Gasteiger partial charge in [0.05, 0.1) is 5.02 Å². The predicted molar refractivity (Wildman–Crippen MR) is 88.3 cm³/mol. The maximum absolute atomic E-state index is 6.16. The first kappa shape index (κ1) is 16.0. The Morgan fingerprint density at radius 2 is 2.14 bits per heavy atom. The molecule has 0 saturated heterocycles. The van der Waals surface area contributed by atoms with Crippen molar-refractivity contribution in [1.29, 1.82) is 0 Å². The highest BCUT2D eigenvalue weighted by Gasteiger charge is 2.11. The summed E-state index contributed by atoms with van der Waals surface area (Å²) >= 11 is 7.62. The molecule has 0 aromatic carbocycles. The van der Waals surface area contributed by atoms with Gasteiger partial charge in [-0.2, -0.15) is 0 Å². The highest BCUT2D eigenvalue weighted by atomic mass is 35.5. The molecule has 6 heteroatoms. The van der Waals surface area contributed by atoms with E-state index < -0.39 is 0 Å². The fourth-order valence-corrected chi connectivity index (χ4v) is 2.67. The van der Waals surface area contributed by atoms with Crippen molar-refractivity contribution in [3.63, 3.8) is 0 Å². The normalized spacial score (nSPS) is 10.9. The Bertz CT molecular complexity index is 604. The van der Waals surface area contributed by atoms with Crippen molar-refractivity contribution in [2.75, 3.05) is 11.9 Å². The number of nitrogens with zero attached hydrogens (tertiary/aromatic N) is 3. The molecule has 0 aliphatic rings. The molecule has 4 nitrogen and oxygen atoms in total. The molecule has 0 radical (unpaired) electrons. The van der Waals surface area contributed by atoms with E-state index >= 15 is 0 Å². The molecule has 0 amide bonds. The third-order valence-electron chi connectivity index (χ3n) is 2.72. The van der Waals surface area contributed by atoms with Crippen LogP contribution in [0.2, 0.25) is 5.02 Å². The first-order valence-corrected chi connectivity index (χ1v) is 8.20. The van der Waals surface area contributed by atoms with Crippen molar-refractivity contribution in [1.82, 2.24) is 15.0 Å². The molecular weight excluding hydrogens is 304 g/mol. The van der Waals surface area contributed by atoms with Gasteiger partial charge in [0.15, 0.2) is 0 Å². The highest BCUT2D eigenvalue weighted by molar-refractivity contribution is 7.99. The van der Waals surface area contributed by atoms with Gasteiger partial charge in [-0.15, -0.1) is 0 Å². The summed E-state index contributed by atoms with van der Waals surface area (Å²) in [5, 5.41) is 5.56. The maximum Gasteiger partial charge on any atom is 0.134 e. The summed E-state index contributed by atoms with van der Waals surface area (Å²) in [6, 6.07) is 5.59. The molecule has 0 fully saturated rings. The van der Waals surface area contributed by atoms with Crippen LogP contribution in [0.1, 0.15) is 38.9 Å². The number of anilines is 1. The van der Waals surface area contributed by atoms with Gasteiger partial charge in [-0.1, -0.05) is 32.4 Å². The van der Waals surface area contributed by atoms with Crippen LogP contribution in [0, 0.1) is 0 Å². The number of pyridine rings is 1. The monoisotopic (exact) mass is 322 g/mol. The quantitative estimate of drug-likeness (QED) is 0.786. The van der Waals surface area contributed by atoms with Gasteiger partial charge in [0.1, 0.15) is 21.7 Å². The molecule has 0 atom stereocenters. The minimum absolute atomic E-state index is 0.270. The van der Waals surface area contributed by atoms with Crippen molar-refractivity contribution in [2.45, 2.75) is 43.2 Å². The Morgan fingerprint density at radius 3 is 2.81 bits per heavy atom. The zero-order valence-corrected chi connectivity index (χ0v) is 14.0. The number of nitrogens with one attached hydrogen (secondary N) is 1. The molecule has 0 aliphatic carbocycles. The van der Waals surface area contributed by atoms with Crippen LogP contribution in [0.15, 0.2) is 34.4 Å². The molecule has 1 N–H and O–H groups in total. The maximum atomic E-state index is 6.16. The molecule has 112 valence electrons. The number of rotatable bonds is 6. The molecule has 0 unspecified atom stereocenters. The Labute approximate surface area is 134 Å². The molecule has 2 aromatic heterocycles. The third-order valence-corrected chi connectivity index (χ3v) is 4.07. The Balaban J connectivity index is 2.29. The summed E-state index contributed by atoms with van der Waals surface area (Å²) in [7, 11) is 0. The molecule has 0 aliphatic heterocycles. The standard InChI is InChI=1S/C15H19ClN4S/c1-4-7-17-12-9-13(20-14(19-12)10(2)3)21-15-11(16)6-5-8-18-15/h5-6,8-10H,4,7H2,1-3H3,(H,17,19,20). The summed E-state index contributed by atoms with van der Waals surface area (Å²) in [4.78, 5) is 13.4. The SMILES string of the molecule is CCCNc1cc(Sc2ncccc2Cl)nc(C(C)C)n1. The lowest BCUT2D eigenvalue weighted by atomic mass is 10.2. The van der Waals surface area contributed by atoms with Crippen molar-refractivity contribution in [2.24, 2.45) is 0 Å². The molecule has 2 heterocycles. The van der Waals surface area contributed by atoms with E-state index in [9.17, 15) is 0 Å². The lowest BCUT2D eigenvalue weighted by Gasteiger charge is -2.11. The first-order chi connectivity index (χ1) is 10.1. The number of hydrogen-bond acceptors (Lipinski definition) is 5. The molecule has 2 rings (SSSR count). The second-order valence-corrected chi connectivity index (χ2v) is 6.34. The van der Waals surface area contributed by atoms with Gasteiger partial charge in [-0.05, 0) is 30.3 Å². The summed E-state index contributed by atoms with van der Waals surface area (Å²) in [5.41, 5.74) is 0. The van der Waals surface area contributed by atoms with Gasteiger partial charge in [0.2, 0.25) is 0 Å². The van der Waals surface area contributed by atoms with Crippen LogP contribution < -0.4 is 5.32 Å². The molecule has 0 spiro atoms. The van der Waals surface area contributed by atoms with Crippen LogP contribution >= 0.6 is 23.4 Å². The van der Waals surface area contributed by atoms with E-state index in [0.29, 0.717) is 5.02 Å². The van der Waals surface area contributed by atoms with Crippen LogP contribution in [0.3, 0.4) is 0 Å². The molecule has 21 heavy (non-hydrogen) atoms. The summed E-state index contributed by atoms with van der Waals surface area (Å²) in [6.45, 7) is 7.19. The Morgan fingerprint density at radius 1 is 1.33 bits per heavy atom. The van der Waals surface area contributed by atoms with Crippen molar-refractivity contribution >= 4 is 29.2 Å². The van der Waals surface area contributed by atoms with Gasteiger partial charge in [0, 0.05) is 24.7 Å². The summed E-state index contributed by atoms with van der Waals surface area (Å²) in [5.74, 6) is 1.95. The largest absolute Gasteiger partial charge is 0.370 e. The van der Waals surface area contributed by atoms with Crippen molar-refractivity contribution in [3.05, 3.63) is 35.2 Å². The van der Waals surface area contributed by atoms with E-state index in [4.69, 9.17) is 11.6 Å². The Hall–Kier alpha value is -1.33. The fourth-order valence-electron chi connectivity index (χ4n) is 1.64. The smallest absolute Gasteiger partial charge is 0.134 e. The third kappa shape index (κ3) is 4.58. The minimum atomic E-state index is 0.270. The number of aromatic nitrogens is 3. The van der Waals surface area contributed by atoms with Crippen LogP contribution in [0.5, 0.6) is 0 Å². The van der Waals surface area contributed by atoms with Crippen LogP contribution in [0.4, 0.5) is 5.82 Å². The van der Waals surface area contributed by atoms with Crippen LogP contribution in [0.25, 0.3) is 0 Å². The average molecular weight is 323 g/mol. The average Bonchev–Trinajstić information content (AvgIpc) is 2.47. The van der Waals surface area contributed by atoms with E-state index in [1.807, 2.05) is 18.2 Å². The number of hydrogen-bond donors (Lipinski definition) is 1. The predicted octanol–water partition coefficient (Wildman–Crippen LogP) is 4.62. The zero-order valence-electron chi connectivity index (χ0n) is 12.4. The van der Waals surface area contributed by atoms with Crippen molar-refractivity contribution < 1.29 is 0 Å². The lowest BCUT2D eigenvalue weighted by molar-refractivity contribution is 0.753. The van der Waals surface area contributed by atoms with E-state index in [1.54, 1.807) is 6.20 Å². The van der Waals surface area contributed by atoms with Gasteiger partial charge in [-0.3, -0.25) is 0 Å². The molecule has 2 aromatic rings. The van der Waals surface area contributed by atoms with Gasteiger partial charge in [-0.25, -0.2) is 15.0 Å². The topological polar surface area (TPSA) is 50.7 Å². The van der Waals surface area contributed by atoms with E-state index in [1.165, 1.54) is 11.8 Å². The molecular formula is C15H19ClN4S. The van der Waals surface area contributed by atoms with Crippen LogP contribution in [-0.4, -0.2) is 21.5 Å². The van der Waals surface area contributed by atoms with E-state index in [2.05, 4.69) is 41.0 Å².